The van der Waals surface area contributed by atoms with Gasteiger partial charge in [-0.1, -0.05) is 6.92 Å². The summed E-state index contributed by atoms with van der Waals surface area (Å²) in [6, 6.07) is -0.844. The predicted octanol–water partition coefficient (Wildman–Crippen LogP) is 2.31. The van der Waals surface area contributed by atoms with Crippen molar-refractivity contribution in [3.8, 4) is 0 Å². The van der Waals surface area contributed by atoms with E-state index in [4.69, 9.17) is 4.74 Å². The minimum absolute atomic E-state index is 0.145. The Morgan fingerprint density at radius 1 is 1.05 bits per heavy atom. The first-order chi connectivity index (χ1) is 9.06. The number of alkyl carbamates (subject to hydrolysis) is 1. The summed E-state index contributed by atoms with van der Waals surface area (Å²) in [6.45, 7) is 5.51. The third kappa shape index (κ3) is 8.81. The molecule has 0 atom stereocenters. The fourth-order valence-corrected chi connectivity index (χ4v) is 1.02. The van der Waals surface area contributed by atoms with E-state index in [1.54, 1.807) is 20.8 Å². The van der Waals surface area contributed by atoms with Crippen molar-refractivity contribution in [3.05, 3.63) is 0 Å². The second kappa shape index (κ2) is 12.6. The summed E-state index contributed by atoms with van der Waals surface area (Å²) in [5, 5.41) is 1.93. The molecule has 0 unspecified atom stereocenters. The van der Waals surface area contributed by atoms with Gasteiger partial charge in [-0.25, -0.2) is 24.6 Å². The van der Waals surface area contributed by atoms with E-state index in [2.05, 4.69) is 4.74 Å². The summed E-state index contributed by atoms with van der Waals surface area (Å²) < 4.78 is 18.7. The molecule has 1 N–H and O–H groups in total. The summed E-state index contributed by atoms with van der Waals surface area (Å²) in [6.07, 6.45) is -1.10. The first-order valence-electron chi connectivity index (χ1n) is 5.86. The van der Waals surface area contributed by atoms with Gasteiger partial charge in [-0.15, -0.1) is 0 Å². The van der Waals surface area contributed by atoms with E-state index in [0.717, 1.165) is 4.90 Å². The van der Waals surface area contributed by atoms with Crippen LogP contribution in [0.3, 0.4) is 0 Å². The predicted molar refractivity (Wildman–Crippen MR) is 66.6 cm³/mol. The molecule has 0 spiro atoms. The number of hydrogen-bond acceptors (Lipinski definition) is 5. The van der Waals surface area contributed by atoms with Crippen molar-refractivity contribution < 1.29 is 28.2 Å². The van der Waals surface area contributed by atoms with Crippen molar-refractivity contribution in [1.82, 2.24) is 10.2 Å². The molecule has 0 saturated heterocycles. The van der Waals surface area contributed by atoms with E-state index in [1.165, 1.54) is 0 Å². The van der Waals surface area contributed by atoms with Crippen molar-refractivity contribution in [2.24, 2.45) is 0 Å². The lowest BCUT2D eigenvalue weighted by Crippen LogP contribution is -2.46. The average Bonchev–Trinajstić information content (AvgIpc) is 2.38. The van der Waals surface area contributed by atoms with Crippen LogP contribution in [0.25, 0.3) is 0 Å². The minimum Gasteiger partial charge on any atom is -0.450 e. The van der Waals surface area contributed by atoms with E-state index in [-0.39, 0.29) is 19.8 Å². The fraction of sp³-hybridized carbons (Fsp3) is 0.727. The van der Waals surface area contributed by atoms with E-state index < -0.39 is 18.2 Å². The minimum atomic E-state index is -0.886. The fourth-order valence-electron chi connectivity index (χ4n) is 1.02. The number of carbonyl (C=O) groups is 3. The van der Waals surface area contributed by atoms with Crippen LogP contribution in [0.5, 0.6) is 0 Å². The molecule has 0 heterocycles. The zero-order valence-electron chi connectivity index (χ0n) is 11.7. The van der Waals surface area contributed by atoms with Crippen LogP contribution in [-0.4, -0.2) is 50.1 Å². The van der Waals surface area contributed by atoms with Crippen LogP contribution in [0.4, 0.5) is 18.8 Å². The maximum absolute atomic E-state index is 11.5. The van der Waals surface area contributed by atoms with Gasteiger partial charge in [0, 0.05) is 6.54 Å². The summed E-state index contributed by atoms with van der Waals surface area (Å²) in [4.78, 5) is 34.8. The second-order valence-corrected chi connectivity index (χ2v) is 3.00. The third-order valence-corrected chi connectivity index (χ3v) is 1.66. The third-order valence-electron chi connectivity index (χ3n) is 1.66. The molecule has 0 aliphatic rings. The van der Waals surface area contributed by atoms with Gasteiger partial charge in [-0.3, -0.25) is 4.39 Å². The van der Waals surface area contributed by atoms with E-state index in [9.17, 15) is 18.8 Å². The van der Waals surface area contributed by atoms with Crippen molar-refractivity contribution in [2.75, 3.05) is 26.9 Å². The van der Waals surface area contributed by atoms with Gasteiger partial charge in [0.05, 0.1) is 20.4 Å². The molecule has 4 amide bonds. The highest BCUT2D eigenvalue weighted by Gasteiger charge is 2.23. The van der Waals surface area contributed by atoms with Gasteiger partial charge in [0.2, 0.25) is 0 Å². The number of alkyl halides is 1. The largest absolute Gasteiger partial charge is 0.450 e. The Bertz CT molecular complexity index is 286. The van der Waals surface area contributed by atoms with E-state index in [0.29, 0.717) is 13.6 Å². The second-order valence-electron chi connectivity index (χ2n) is 3.00. The average molecular weight is 280 g/mol. The normalized spacial score (nSPS) is 8.68. The molecule has 112 valence electrons. The topological polar surface area (TPSA) is 84.9 Å². The lowest BCUT2D eigenvalue weighted by Gasteiger charge is -2.18. The molecule has 19 heavy (non-hydrogen) atoms. The van der Waals surface area contributed by atoms with Gasteiger partial charge < -0.3 is 9.47 Å². The summed E-state index contributed by atoms with van der Waals surface area (Å²) in [5.74, 6) is 0. The van der Waals surface area contributed by atoms with E-state index in [1.807, 2.05) is 5.32 Å². The maximum Gasteiger partial charge on any atom is 0.417 e. The van der Waals surface area contributed by atoms with Crippen LogP contribution in [0, 0.1) is 0 Å². The highest BCUT2D eigenvalue weighted by atomic mass is 19.1. The number of hydrogen-bond donors (Lipinski definition) is 1. The summed E-state index contributed by atoms with van der Waals surface area (Å²) in [5.41, 5.74) is 0. The number of nitrogens with zero attached hydrogens (tertiary/aromatic N) is 1. The first kappa shape index (κ1) is 19.5. The monoisotopic (exact) mass is 280 g/mol. The Labute approximate surface area is 112 Å². The highest BCUT2D eigenvalue weighted by molar-refractivity contribution is 5.98. The van der Waals surface area contributed by atoms with Gasteiger partial charge in [0.25, 0.3) is 0 Å². The molecular formula is C11H21FN2O5. The zero-order chi connectivity index (χ0) is 15.3. The van der Waals surface area contributed by atoms with Crippen LogP contribution >= 0.6 is 0 Å². The number of ether oxygens (including phenoxy) is 2. The molecule has 0 aliphatic heterocycles. The van der Waals surface area contributed by atoms with Crippen LogP contribution in [-0.2, 0) is 9.47 Å². The number of rotatable bonds is 4. The molecule has 0 bridgehead atoms. The van der Waals surface area contributed by atoms with Gasteiger partial charge in [0.1, 0.15) is 0 Å². The Balaban J connectivity index is 0. The smallest absolute Gasteiger partial charge is 0.417 e. The van der Waals surface area contributed by atoms with Gasteiger partial charge >= 0.3 is 18.2 Å². The standard InChI is InChI=1S/C10H18N2O5.CH3F/c1-4-7-12(10(15)17-6-3)8(13)11-9(14)16-5-2;1-2/h4-7H2,1-3H3,(H,11,13,14);1H3. The van der Waals surface area contributed by atoms with Crippen LogP contribution in [0.2, 0.25) is 0 Å². The SMILES string of the molecule is CCCN(C(=O)NC(=O)OCC)C(=O)OCC.CF. The van der Waals surface area contributed by atoms with Crippen molar-refractivity contribution in [1.29, 1.82) is 0 Å². The van der Waals surface area contributed by atoms with Crippen molar-refractivity contribution in [2.45, 2.75) is 27.2 Å². The lowest BCUT2D eigenvalue weighted by atomic mass is 10.4. The summed E-state index contributed by atoms with van der Waals surface area (Å²) in [7, 11) is 0.500. The molecule has 0 aromatic carbocycles. The van der Waals surface area contributed by atoms with Crippen LogP contribution < -0.4 is 5.32 Å². The number of urea groups is 1. The first-order valence-corrected chi connectivity index (χ1v) is 5.86. The quantitative estimate of drug-likeness (QED) is 0.854. The number of amides is 4. The molecule has 0 aliphatic carbocycles. The maximum atomic E-state index is 11.5. The van der Waals surface area contributed by atoms with Crippen LogP contribution in [0.15, 0.2) is 0 Å². The molecule has 8 heteroatoms. The van der Waals surface area contributed by atoms with E-state index >= 15 is 0 Å². The molecular weight excluding hydrogens is 259 g/mol. The van der Waals surface area contributed by atoms with Crippen molar-refractivity contribution in [3.63, 3.8) is 0 Å². The number of imide groups is 2. The zero-order valence-corrected chi connectivity index (χ0v) is 11.7. The molecule has 0 radical (unpaired) electrons. The van der Waals surface area contributed by atoms with Gasteiger partial charge in [0.15, 0.2) is 0 Å². The Morgan fingerprint density at radius 2 is 1.58 bits per heavy atom. The number of carbonyl (C=O) groups excluding carboxylic acids is 3. The number of nitrogens with one attached hydrogen (secondary N) is 1. The Hall–Kier alpha value is -1.86. The van der Waals surface area contributed by atoms with Crippen molar-refractivity contribution >= 4 is 18.2 Å². The lowest BCUT2D eigenvalue weighted by molar-refractivity contribution is 0.112. The molecule has 7 nitrogen and oxygen atoms in total. The van der Waals surface area contributed by atoms with Gasteiger partial charge in [-0.05, 0) is 20.3 Å². The highest BCUT2D eigenvalue weighted by Crippen LogP contribution is 1.98. The Morgan fingerprint density at radius 3 is 2.00 bits per heavy atom. The molecule has 0 fully saturated rings. The summed E-state index contributed by atoms with van der Waals surface area (Å²) >= 11 is 0. The molecule has 0 aromatic rings. The molecule has 0 rings (SSSR count). The molecule has 0 saturated carbocycles. The number of halogens is 1. The van der Waals surface area contributed by atoms with Crippen LogP contribution in [0.1, 0.15) is 27.2 Å². The van der Waals surface area contributed by atoms with Gasteiger partial charge in [-0.2, -0.15) is 0 Å². The molecule has 0 aromatic heterocycles. The Kier molecular flexibility index (Phi) is 12.9.